The number of pyridine rings is 1. The largest absolute Gasteiger partial charge is 0.417 e. The SMILES string of the molecule is C[C@@H]1[C@@H](c2ccc(F)c(F)c2)[C@@H](C(=O)Nc2ccnc(C(N)=O)c2)O[C@]1(C)C(F)(F)F. The van der Waals surface area contributed by atoms with Crippen molar-refractivity contribution in [1.29, 1.82) is 0 Å². The summed E-state index contributed by atoms with van der Waals surface area (Å²) in [6.07, 6.45) is -5.34. The van der Waals surface area contributed by atoms with Crippen molar-refractivity contribution in [3.05, 3.63) is 59.4 Å². The van der Waals surface area contributed by atoms with Crippen LogP contribution in [-0.2, 0) is 9.53 Å². The molecule has 2 aromatic rings. The first-order valence-electron chi connectivity index (χ1n) is 9.11. The number of hydrogen-bond donors (Lipinski definition) is 2. The van der Waals surface area contributed by atoms with E-state index in [1.807, 2.05) is 0 Å². The Kier molecular flexibility index (Phi) is 5.74. The Labute approximate surface area is 173 Å². The first-order chi connectivity index (χ1) is 14.3. The van der Waals surface area contributed by atoms with Crippen LogP contribution in [0.15, 0.2) is 36.5 Å². The van der Waals surface area contributed by atoms with Gasteiger partial charge in [0.25, 0.3) is 11.8 Å². The van der Waals surface area contributed by atoms with Gasteiger partial charge < -0.3 is 15.8 Å². The van der Waals surface area contributed by atoms with E-state index >= 15 is 0 Å². The Morgan fingerprint density at radius 3 is 2.42 bits per heavy atom. The number of anilines is 1. The van der Waals surface area contributed by atoms with E-state index in [1.54, 1.807) is 0 Å². The zero-order chi connectivity index (χ0) is 23.1. The lowest BCUT2D eigenvalue weighted by molar-refractivity contribution is -0.272. The van der Waals surface area contributed by atoms with Crippen LogP contribution in [0.25, 0.3) is 0 Å². The minimum Gasteiger partial charge on any atom is -0.364 e. The Morgan fingerprint density at radius 1 is 1.16 bits per heavy atom. The number of nitrogens with one attached hydrogen (secondary N) is 1. The molecule has 0 bridgehead atoms. The van der Waals surface area contributed by atoms with Crippen LogP contribution in [0, 0.1) is 17.6 Å². The maximum Gasteiger partial charge on any atom is 0.417 e. The van der Waals surface area contributed by atoms with Gasteiger partial charge in [0.15, 0.2) is 17.2 Å². The number of amides is 2. The van der Waals surface area contributed by atoms with Gasteiger partial charge in [-0.15, -0.1) is 0 Å². The van der Waals surface area contributed by atoms with Crippen molar-refractivity contribution in [1.82, 2.24) is 4.98 Å². The van der Waals surface area contributed by atoms with Crippen LogP contribution >= 0.6 is 0 Å². The number of aromatic nitrogens is 1. The third-order valence-electron chi connectivity index (χ3n) is 5.54. The van der Waals surface area contributed by atoms with Crippen LogP contribution in [0.4, 0.5) is 27.6 Å². The first-order valence-corrected chi connectivity index (χ1v) is 9.11. The second-order valence-electron chi connectivity index (χ2n) is 7.41. The lowest BCUT2D eigenvalue weighted by Gasteiger charge is -2.31. The highest BCUT2D eigenvalue weighted by molar-refractivity contribution is 5.97. The predicted octanol–water partition coefficient (Wildman–Crippen LogP) is 3.54. The lowest BCUT2D eigenvalue weighted by atomic mass is 9.77. The average Bonchev–Trinajstić information content (AvgIpc) is 2.96. The molecule has 166 valence electrons. The van der Waals surface area contributed by atoms with E-state index in [9.17, 15) is 31.5 Å². The molecule has 1 fully saturated rings. The summed E-state index contributed by atoms with van der Waals surface area (Å²) >= 11 is 0. The molecule has 31 heavy (non-hydrogen) atoms. The molecule has 4 atom stereocenters. The first kappa shape index (κ1) is 22.6. The number of carbonyl (C=O) groups is 2. The highest BCUT2D eigenvalue weighted by atomic mass is 19.4. The number of nitrogens with two attached hydrogens (primary N) is 1. The number of halogens is 5. The average molecular weight is 443 g/mol. The molecule has 0 spiro atoms. The molecule has 2 heterocycles. The van der Waals surface area contributed by atoms with Crippen LogP contribution in [-0.4, -0.2) is 34.7 Å². The van der Waals surface area contributed by atoms with Crippen LogP contribution in [0.1, 0.15) is 35.8 Å². The van der Waals surface area contributed by atoms with Gasteiger partial charge in [-0.2, -0.15) is 13.2 Å². The van der Waals surface area contributed by atoms with E-state index in [0.29, 0.717) is 0 Å². The topological polar surface area (TPSA) is 94.3 Å². The van der Waals surface area contributed by atoms with Crippen LogP contribution in [0.3, 0.4) is 0 Å². The van der Waals surface area contributed by atoms with Crippen molar-refractivity contribution >= 4 is 17.5 Å². The van der Waals surface area contributed by atoms with E-state index in [0.717, 1.165) is 31.2 Å². The van der Waals surface area contributed by atoms with Gasteiger partial charge in [0.05, 0.1) is 0 Å². The quantitative estimate of drug-likeness (QED) is 0.707. The second kappa shape index (κ2) is 7.88. The zero-order valence-corrected chi connectivity index (χ0v) is 16.3. The zero-order valence-electron chi connectivity index (χ0n) is 16.3. The Balaban J connectivity index is 2.00. The third kappa shape index (κ3) is 4.09. The Bertz CT molecular complexity index is 1030. The molecule has 2 amide bonds. The van der Waals surface area contributed by atoms with Crippen molar-refractivity contribution in [2.45, 2.75) is 37.6 Å². The molecule has 0 aliphatic carbocycles. The summed E-state index contributed by atoms with van der Waals surface area (Å²) in [4.78, 5) is 27.9. The molecule has 0 saturated carbocycles. The van der Waals surface area contributed by atoms with Gasteiger partial charge in [0.1, 0.15) is 11.8 Å². The summed E-state index contributed by atoms with van der Waals surface area (Å²) in [6.45, 7) is 2.03. The summed E-state index contributed by atoms with van der Waals surface area (Å²) in [5.41, 5.74) is 2.27. The molecular weight excluding hydrogens is 425 g/mol. The fourth-order valence-corrected chi connectivity index (χ4v) is 3.63. The lowest BCUT2D eigenvalue weighted by Crippen LogP contribution is -2.47. The molecule has 11 heteroatoms. The van der Waals surface area contributed by atoms with Gasteiger partial charge >= 0.3 is 6.18 Å². The van der Waals surface area contributed by atoms with Crippen LogP contribution < -0.4 is 11.1 Å². The number of primary amides is 1. The fourth-order valence-electron chi connectivity index (χ4n) is 3.63. The van der Waals surface area contributed by atoms with Crippen LogP contribution in [0.5, 0.6) is 0 Å². The molecule has 3 N–H and O–H groups in total. The van der Waals surface area contributed by atoms with Crippen molar-refractivity contribution in [2.75, 3.05) is 5.32 Å². The van der Waals surface area contributed by atoms with Crippen LogP contribution in [0.2, 0.25) is 0 Å². The van der Waals surface area contributed by atoms with Gasteiger partial charge in [0.2, 0.25) is 0 Å². The maximum atomic E-state index is 13.8. The van der Waals surface area contributed by atoms with E-state index in [4.69, 9.17) is 10.5 Å². The standard InChI is InChI=1S/C20H18F5N3O3/c1-9-15(10-3-4-12(21)13(22)7-10)16(31-19(9,2)20(23,24)25)18(30)28-11-5-6-27-14(8-11)17(26)29/h3-9,15-16H,1-2H3,(H2,26,29)(H,27,28,30)/t9-,15+,16+,19+/m1/s1. The normalized spacial score (nSPS) is 26.0. The molecule has 1 aromatic heterocycles. The summed E-state index contributed by atoms with van der Waals surface area (Å²) in [5, 5.41) is 2.37. The monoisotopic (exact) mass is 443 g/mol. The Morgan fingerprint density at radius 2 is 1.84 bits per heavy atom. The summed E-state index contributed by atoms with van der Waals surface area (Å²) in [7, 11) is 0. The van der Waals surface area contributed by atoms with Crippen molar-refractivity contribution < 1.29 is 36.3 Å². The van der Waals surface area contributed by atoms with Gasteiger partial charge in [-0.25, -0.2) is 8.78 Å². The number of rotatable bonds is 4. The number of benzene rings is 1. The maximum absolute atomic E-state index is 13.8. The summed E-state index contributed by atoms with van der Waals surface area (Å²) < 4.78 is 73.7. The molecule has 1 aliphatic rings. The number of carbonyl (C=O) groups excluding carboxylic acids is 2. The molecule has 1 aromatic carbocycles. The van der Waals surface area contributed by atoms with Gasteiger partial charge in [-0.05, 0) is 36.8 Å². The number of nitrogens with zero attached hydrogens (tertiary/aromatic N) is 1. The highest BCUT2D eigenvalue weighted by Gasteiger charge is 2.65. The summed E-state index contributed by atoms with van der Waals surface area (Å²) in [6, 6.07) is 5.09. The minimum absolute atomic E-state index is 0.0212. The molecule has 1 aliphatic heterocycles. The Hall–Kier alpha value is -3.08. The van der Waals surface area contributed by atoms with Crippen molar-refractivity contribution in [2.24, 2.45) is 11.7 Å². The third-order valence-corrected chi connectivity index (χ3v) is 5.54. The van der Waals surface area contributed by atoms with Crippen molar-refractivity contribution in [3.8, 4) is 0 Å². The van der Waals surface area contributed by atoms with Gasteiger partial charge in [-0.3, -0.25) is 14.6 Å². The molecular formula is C20H18F5N3O3. The molecule has 0 radical (unpaired) electrons. The smallest absolute Gasteiger partial charge is 0.364 e. The number of hydrogen-bond acceptors (Lipinski definition) is 4. The number of ether oxygens (including phenoxy) is 1. The molecule has 3 rings (SSSR count). The molecule has 0 unspecified atom stereocenters. The summed E-state index contributed by atoms with van der Waals surface area (Å²) in [5.74, 6) is -6.82. The van der Waals surface area contributed by atoms with Gasteiger partial charge in [-0.1, -0.05) is 13.0 Å². The second-order valence-corrected chi connectivity index (χ2v) is 7.41. The van der Waals surface area contributed by atoms with Gasteiger partial charge in [0, 0.05) is 23.7 Å². The minimum atomic E-state index is -4.84. The van der Waals surface area contributed by atoms with Crippen molar-refractivity contribution in [3.63, 3.8) is 0 Å². The van der Waals surface area contributed by atoms with E-state index in [1.165, 1.54) is 19.2 Å². The molecule has 1 saturated heterocycles. The molecule has 6 nitrogen and oxygen atoms in total. The fraction of sp³-hybridized carbons (Fsp3) is 0.350. The van der Waals surface area contributed by atoms with E-state index in [-0.39, 0.29) is 16.9 Å². The highest BCUT2D eigenvalue weighted by Crippen LogP contribution is 2.53. The van der Waals surface area contributed by atoms with E-state index in [2.05, 4.69) is 10.3 Å². The number of alkyl halides is 3. The predicted molar refractivity (Wildman–Crippen MR) is 99.0 cm³/mol. The van der Waals surface area contributed by atoms with E-state index < -0.39 is 53.2 Å².